The zero-order valence-electron chi connectivity index (χ0n) is 11.1. The molecule has 1 aromatic carbocycles. The number of aromatic nitrogens is 3. The van der Waals surface area contributed by atoms with Crippen LogP contribution in [0, 0.1) is 13.8 Å². The quantitative estimate of drug-likeness (QED) is 0.613. The lowest BCUT2D eigenvalue weighted by Crippen LogP contribution is -2.12. The molecule has 3 heteroatoms. The van der Waals surface area contributed by atoms with Crippen LogP contribution < -0.4 is 0 Å². The van der Waals surface area contributed by atoms with E-state index in [0.29, 0.717) is 0 Å². The fraction of sp³-hybridized carbons (Fsp3) is 0.250. The normalized spacial score (nSPS) is 13.4. The third-order valence-electron chi connectivity index (χ3n) is 3.95. The van der Waals surface area contributed by atoms with E-state index in [2.05, 4.69) is 41.3 Å². The van der Waals surface area contributed by atoms with Crippen LogP contribution in [0.2, 0.25) is 0 Å². The van der Waals surface area contributed by atoms with E-state index in [0.717, 1.165) is 29.9 Å². The summed E-state index contributed by atoms with van der Waals surface area (Å²) in [6.45, 7) is 4.13. The molecule has 2 aromatic heterocycles. The minimum absolute atomic E-state index is 0.949. The fourth-order valence-electron chi connectivity index (χ4n) is 3.07. The number of benzene rings is 1. The van der Waals surface area contributed by atoms with Gasteiger partial charge in [0.2, 0.25) is 0 Å². The highest BCUT2D eigenvalue weighted by atomic mass is 15.3. The van der Waals surface area contributed by atoms with Crippen LogP contribution in [-0.2, 0) is 12.8 Å². The van der Waals surface area contributed by atoms with Gasteiger partial charge in [-0.15, -0.1) is 0 Å². The zero-order chi connectivity index (χ0) is 13.0. The zero-order valence-corrected chi connectivity index (χ0v) is 11.1. The van der Waals surface area contributed by atoms with Gasteiger partial charge in [0.05, 0.1) is 11.4 Å². The summed E-state index contributed by atoms with van der Waals surface area (Å²) in [5, 5.41) is 4.62. The summed E-state index contributed by atoms with van der Waals surface area (Å²) in [5.74, 6) is 0. The van der Waals surface area contributed by atoms with E-state index in [9.17, 15) is 0 Å². The van der Waals surface area contributed by atoms with Crippen LogP contribution in [0.1, 0.15) is 22.5 Å². The molecule has 3 nitrogen and oxygen atoms in total. The number of hydrogen-bond acceptors (Lipinski definition) is 2. The van der Waals surface area contributed by atoms with Crippen molar-refractivity contribution < 1.29 is 0 Å². The van der Waals surface area contributed by atoms with Gasteiger partial charge in [0.15, 0.2) is 5.65 Å². The topological polar surface area (TPSA) is 30.2 Å². The molecule has 0 saturated carbocycles. The third kappa shape index (κ3) is 1.44. The van der Waals surface area contributed by atoms with E-state index in [1.165, 1.54) is 22.4 Å². The molecule has 1 aliphatic rings. The molecule has 1 aliphatic carbocycles. The molecular weight excluding hydrogens is 234 g/mol. The molecule has 0 N–H and O–H groups in total. The van der Waals surface area contributed by atoms with Crippen molar-refractivity contribution >= 4 is 5.65 Å². The minimum atomic E-state index is 0.949. The molecule has 94 valence electrons. The summed E-state index contributed by atoms with van der Waals surface area (Å²) in [6, 6.07) is 10.7. The van der Waals surface area contributed by atoms with Gasteiger partial charge in [-0.25, -0.2) is 9.50 Å². The number of aryl methyl sites for hydroxylation is 3. The van der Waals surface area contributed by atoms with Gasteiger partial charge in [-0.1, -0.05) is 24.3 Å². The predicted molar refractivity (Wildman–Crippen MR) is 75.3 cm³/mol. The van der Waals surface area contributed by atoms with Crippen LogP contribution in [-0.4, -0.2) is 14.6 Å². The Morgan fingerprint density at radius 1 is 1.11 bits per heavy atom. The number of nitrogens with zero attached hydrogens (tertiary/aromatic N) is 3. The maximum atomic E-state index is 4.68. The SMILES string of the molecule is Cc1cc2nc(C)c3c(n2n1)-c1ccccc1CC3. The molecule has 0 aliphatic heterocycles. The summed E-state index contributed by atoms with van der Waals surface area (Å²) in [6.07, 6.45) is 2.15. The average Bonchev–Trinajstić information content (AvgIpc) is 2.78. The molecule has 0 spiro atoms. The molecule has 0 saturated heterocycles. The van der Waals surface area contributed by atoms with Crippen LogP contribution in [0.4, 0.5) is 0 Å². The van der Waals surface area contributed by atoms with Crippen LogP contribution in [0.15, 0.2) is 30.3 Å². The maximum absolute atomic E-state index is 4.68. The lowest BCUT2D eigenvalue weighted by molar-refractivity contribution is 0.842. The molecule has 4 rings (SSSR count). The first-order chi connectivity index (χ1) is 9.24. The molecule has 0 radical (unpaired) electrons. The smallest absolute Gasteiger partial charge is 0.156 e. The van der Waals surface area contributed by atoms with E-state index < -0.39 is 0 Å². The molecule has 0 unspecified atom stereocenters. The Morgan fingerprint density at radius 3 is 2.84 bits per heavy atom. The average molecular weight is 249 g/mol. The minimum Gasteiger partial charge on any atom is -0.234 e. The highest BCUT2D eigenvalue weighted by molar-refractivity contribution is 5.72. The summed E-state index contributed by atoms with van der Waals surface area (Å²) >= 11 is 0. The van der Waals surface area contributed by atoms with Crippen molar-refractivity contribution in [1.29, 1.82) is 0 Å². The molecule has 3 aromatic rings. The van der Waals surface area contributed by atoms with Crippen molar-refractivity contribution in [3.8, 4) is 11.3 Å². The molecule has 2 heterocycles. The van der Waals surface area contributed by atoms with Gasteiger partial charge >= 0.3 is 0 Å². The Balaban J connectivity index is 2.18. The second-order valence-corrected chi connectivity index (χ2v) is 5.24. The highest BCUT2D eigenvalue weighted by Gasteiger charge is 2.22. The van der Waals surface area contributed by atoms with Gasteiger partial charge in [-0.2, -0.15) is 5.10 Å². The Bertz CT molecular complexity index is 799. The van der Waals surface area contributed by atoms with Crippen LogP contribution in [0.25, 0.3) is 16.9 Å². The maximum Gasteiger partial charge on any atom is 0.156 e. The summed E-state index contributed by atoms with van der Waals surface area (Å²) in [7, 11) is 0. The van der Waals surface area contributed by atoms with Crippen molar-refractivity contribution in [1.82, 2.24) is 14.6 Å². The second-order valence-electron chi connectivity index (χ2n) is 5.24. The van der Waals surface area contributed by atoms with Gasteiger partial charge in [0, 0.05) is 22.9 Å². The van der Waals surface area contributed by atoms with Gasteiger partial charge in [0.1, 0.15) is 0 Å². The van der Waals surface area contributed by atoms with Gasteiger partial charge in [-0.3, -0.25) is 0 Å². The number of fused-ring (bicyclic) bond motifs is 5. The van der Waals surface area contributed by atoms with Gasteiger partial charge < -0.3 is 0 Å². The van der Waals surface area contributed by atoms with Crippen molar-refractivity contribution in [3.63, 3.8) is 0 Å². The van der Waals surface area contributed by atoms with Gasteiger partial charge in [-0.05, 0) is 32.3 Å². The van der Waals surface area contributed by atoms with Gasteiger partial charge in [0.25, 0.3) is 0 Å². The molecule has 0 bridgehead atoms. The lowest BCUT2D eigenvalue weighted by Gasteiger charge is -2.21. The first-order valence-electron chi connectivity index (χ1n) is 6.68. The largest absolute Gasteiger partial charge is 0.234 e. The third-order valence-corrected chi connectivity index (χ3v) is 3.95. The summed E-state index contributed by atoms with van der Waals surface area (Å²) in [5.41, 5.74) is 8.40. The Labute approximate surface area is 111 Å². The van der Waals surface area contributed by atoms with Crippen molar-refractivity contribution in [2.45, 2.75) is 26.7 Å². The number of rotatable bonds is 0. The monoisotopic (exact) mass is 249 g/mol. The Morgan fingerprint density at radius 2 is 1.95 bits per heavy atom. The molecule has 0 fully saturated rings. The second kappa shape index (κ2) is 3.67. The van der Waals surface area contributed by atoms with Crippen LogP contribution in [0.3, 0.4) is 0 Å². The van der Waals surface area contributed by atoms with Crippen molar-refractivity contribution in [2.75, 3.05) is 0 Å². The summed E-state index contributed by atoms with van der Waals surface area (Å²) < 4.78 is 2.01. The van der Waals surface area contributed by atoms with E-state index in [4.69, 9.17) is 0 Å². The molecule has 19 heavy (non-hydrogen) atoms. The lowest BCUT2D eigenvalue weighted by atomic mass is 9.88. The van der Waals surface area contributed by atoms with E-state index in [1.54, 1.807) is 0 Å². The molecule has 0 atom stereocenters. The van der Waals surface area contributed by atoms with Crippen molar-refractivity contribution in [3.05, 3.63) is 52.8 Å². The first kappa shape index (κ1) is 10.7. The van der Waals surface area contributed by atoms with Crippen LogP contribution >= 0.6 is 0 Å². The molecule has 0 amide bonds. The van der Waals surface area contributed by atoms with E-state index >= 15 is 0 Å². The fourth-order valence-corrected chi connectivity index (χ4v) is 3.07. The molecular formula is C16H15N3. The predicted octanol–water partition coefficient (Wildman–Crippen LogP) is 3.11. The summed E-state index contributed by atoms with van der Waals surface area (Å²) in [4.78, 5) is 4.68. The van der Waals surface area contributed by atoms with E-state index in [-0.39, 0.29) is 0 Å². The van der Waals surface area contributed by atoms with Crippen molar-refractivity contribution in [2.24, 2.45) is 0 Å². The first-order valence-corrected chi connectivity index (χ1v) is 6.68. The Kier molecular flexibility index (Phi) is 2.07. The number of hydrogen-bond donors (Lipinski definition) is 0. The van der Waals surface area contributed by atoms with E-state index in [1.807, 2.05) is 17.5 Å². The van der Waals surface area contributed by atoms with Crippen LogP contribution in [0.5, 0.6) is 0 Å². The standard InChI is InChI=1S/C16H15N3/c1-10-9-15-17-11(2)13-8-7-12-5-3-4-6-14(12)16(13)19(15)18-10/h3-6,9H,7-8H2,1-2H3. The Hall–Kier alpha value is -2.16. The highest BCUT2D eigenvalue weighted by Crippen LogP contribution is 2.34.